The third-order valence-electron chi connectivity index (χ3n) is 16.8. The van der Waals surface area contributed by atoms with E-state index in [9.17, 15) is 43.2 Å². The Labute approximate surface area is 585 Å². The van der Waals surface area contributed by atoms with Gasteiger partial charge in [-0.3, -0.25) is 37.3 Å². The first kappa shape index (κ1) is 93.0. The van der Waals surface area contributed by atoms with Crippen LogP contribution in [0.25, 0.3) is 0 Å². The molecule has 0 fully saturated rings. The second kappa shape index (κ2) is 70.5. The fourth-order valence-electron chi connectivity index (χ4n) is 10.9. The summed E-state index contributed by atoms with van der Waals surface area (Å²) >= 11 is 0. The molecule has 0 aromatic rings. The van der Waals surface area contributed by atoms with Gasteiger partial charge >= 0.3 is 39.5 Å². The molecule has 0 rings (SSSR count). The minimum absolute atomic E-state index is 0.0931. The molecule has 0 saturated carbocycles. The number of aliphatic hydroxyl groups excluding tert-OH is 1. The lowest BCUT2D eigenvalue weighted by Gasteiger charge is -2.21. The first-order chi connectivity index (χ1) is 46.7. The smallest absolute Gasteiger partial charge is 0.462 e. The van der Waals surface area contributed by atoms with E-state index in [4.69, 9.17) is 37.0 Å². The van der Waals surface area contributed by atoms with Crippen LogP contribution in [-0.4, -0.2) is 96.7 Å². The van der Waals surface area contributed by atoms with Gasteiger partial charge in [-0.15, -0.1) is 0 Å². The molecule has 5 unspecified atom stereocenters. The van der Waals surface area contributed by atoms with Crippen molar-refractivity contribution in [3.05, 3.63) is 48.6 Å². The Bertz CT molecular complexity index is 2010. The summed E-state index contributed by atoms with van der Waals surface area (Å²) in [5.74, 6) is -2.18. The number of rotatable bonds is 74. The average Bonchev–Trinajstić information content (AvgIpc) is 1.14. The van der Waals surface area contributed by atoms with Crippen LogP contribution in [0.1, 0.15) is 362 Å². The molecule has 17 nitrogen and oxygen atoms in total. The molecule has 0 bridgehead atoms. The van der Waals surface area contributed by atoms with Crippen LogP contribution in [0, 0.1) is 0 Å². The predicted octanol–water partition coefficient (Wildman–Crippen LogP) is 22.1. The summed E-state index contributed by atoms with van der Waals surface area (Å²) in [7, 11) is -9.93. The van der Waals surface area contributed by atoms with E-state index in [1.165, 1.54) is 173 Å². The Morgan fingerprint density at radius 3 is 0.833 bits per heavy atom. The first-order valence-electron chi connectivity index (χ1n) is 38.9. The summed E-state index contributed by atoms with van der Waals surface area (Å²) in [4.78, 5) is 72.8. The summed E-state index contributed by atoms with van der Waals surface area (Å²) in [6.45, 7) is 4.79. The number of ether oxygens (including phenoxy) is 4. The fourth-order valence-corrected chi connectivity index (χ4v) is 12.5. The Balaban J connectivity index is 5.32. The van der Waals surface area contributed by atoms with Crippen molar-refractivity contribution in [2.45, 2.75) is 380 Å². The standard InChI is InChI=1S/C77H142O17P2/c1-5-9-13-17-21-25-29-33-35-39-41-45-49-53-57-61-74(79)87-67-72(93-76(81)63-59-55-51-47-43-37-31-27-23-19-15-11-7-3)69-91-95(83,84)89-65-71(78)66-90-96(85,86)92-70-73(94-77(82)64-60-56-52-48-44-38-32-28-24-20-16-12-8-4)68-88-75(80)62-58-54-50-46-42-40-36-34-30-26-22-18-14-10-6-2/h9,13,21,25,33,35,41,45,71-73,78H,5-8,10-12,14-20,22-24,26-32,34,36-40,42-44,46-70H2,1-4H3,(H,83,84)(H,85,86)/b13-9-,25-21-,35-33-,45-41-. The van der Waals surface area contributed by atoms with Crippen LogP contribution in [0.15, 0.2) is 48.6 Å². The molecule has 5 atom stereocenters. The van der Waals surface area contributed by atoms with Crippen LogP contribution in [0.3, 0.4) is 0 Å². The van der Waals surface area contributed by atoms with E-state index in [1.807, 2.05) is 0 Å². The van der Waals surface area contributed by atoms with Crippen molar-refractivity contribution in [1.82, 2.24) is 0 Å². The largest absolute Gasteiger partial charge is 0.472 e. The number of hydrogen-bond donors (Lipinski definition) is 3. The van der Waals surface area contributed by atoms with Gasteiger partial charge in [0.2, 0.25) is 0 Å². The number of allylic oxidation sites excluding steroid dienone is 8. The van der Waals surface area contributed by atoms with Gasteiger partial charge in [0.05, 0.1) is 26.4 Å². The van der Waals surface area contributed by atoms with Crippen LogP contribution in [-0.2, 0) is 65.4 Å². The maximum absolute atomic E-state index is 13.1. The highest BCUT2D eigenvalue weighted by Crippen LogP contribution is 2.45. The molecule has 0 aromatic heterocycles. The molecule has 3 N–H and O–H groups in total. The number of phosphoric acid groups is 2. The maximum Gasteiger partial charge on any atom is 0.472 e. The second-order valence-electron chi connectivity index (χ2n) is 26.3. The molecule has 0 aliphatic heterocycles. The zero-order valence-electron chi connectivity index (χ0n) is 61.3. The van der Waals surface area contributed by atoms with Crippen molar-refractivity contribution in [3.8, 4) is 0 Å². The lowest BCUT2D eigenvalue weighted by atomic mass is 10.0. The number of unbranched alkanes of at least 4 members (excludes halogenated alkanes) is 40. The second-order valence-corrected chi connectivity index (χ2v) is 29.2. The fraction of sp³-hybridized carbons (Fsp3) is 0.844. The van der Waals surface area contributed by atoms with Crippen molar-refractivity contribution in [2.24, 2.45) is 0 Å². The zero-order valence-corrected chi connectivity index (χ0v) is 63.1. The number of aliphatic hydroxyl groups is 1. The van der Waals surface area contributed by atoms with Gasteiger partial charge in [-0.2, -0.15) is 0 Å². The normalized spacial score (nSPS) is 14.2. The molecular weight excluding hydrogens is 1260 g/mol. The molecule has 96 heavy (non-hydrogen) atoms. The van der Waals surface area contributed by atoms with Gasteiger partial charge in [0.15, 0.2) is 12.2 Å². The topological polar surface area (TPSA) is 237 Å². The van der Waals surface area contributed by atoms with E-state index in [0.717, 1.165) is 109 Å². The summed E-state index contributed by atoms with van der Waals surface area (Å²) in [6, 6.07) is 0. The van der Waals surface area contributed by atoms with Crippen molar-refractivity contribution < 1.29 is 80.2 Å². The molecular formula is C77H142O17P2. The highest BCUT2D eigenvalue weighted by atomic mass is 31.2. The highest BCUT2D eigenvalue weighted by Gasteiger charge is 2.30. The summed E-state index contributed by atoms with van der Waals surface area (Å²) in [6.07, 6.45) is 66.7. The van der Waals surface area contributed by atoms with Gasteiger partial charge < -0.3 is 33.8 Å². The minimum atomic E-state index is -4.97. The van der Waals surface area contributed by atoms with Crippen LogP contribution >= 0.6 is 15.6 Å². The van der Waals surface area contributed by atoms with E-state index >= 15 is 0 Å². The molecule has 0 aliphatic rings. The van der Waals surface area contributed by atoms with Crippen molar-refractivity contribution >= 4 is 39.5 Å². The van der Waals surface area contributed by atoms with Crippen LogP contribution in [0.5, 0.6) is 0 Å². The quantitative estimate of drug-likeness (QED) is 0.0169. The van der Waals surface area contributed by atoms with Gasteiger partial charge in [0, 0.05) is 25.7 Å². The van der Waals surface area contributed by atoms with E-state index in [2.05, 4.69) is 76.3 Å². The zero-order chi connectivity index (χ0) is 70.4. The molecule has 562 valence electrons. The van der Waals surface area contributed by atoms with Gasteiger partial charge in [-0.1, -0.05) is 320 Å². The minimum Gasteiger partial charge on any atom is -0.462 e. The Morgan fingerprint density at radius 2 is 0.542 bits per heavy atom. The van der Waals surface area contributed by atoms with E-state index in [-0.39, 0.29) is 25.7 Å². The summed E-state index contributed by atoms with van der Waals surface area (Å²) in [5.41, 5.74) is 0. The lowest BCUT2D eigenvalue weighted by molar-refractivity contribution is -0.161. The van der Waals surface area contributed by atoms with E-state index in [1.54, 1.807) is 0 Å². The summed E-state index contributed by atoms with van der Waals surface area (Å²) in [5, 5.41) is 10.6. The van der Waals surface area contributed by atoms with Gasteiger partial charge in [-0.05, 0) is 64.2 Å². The summed E-state index contributed by atoms with van der Waals surface area (Å²) < 4.78 is 68.5. The van der Waals surface area contributed by atoms with Gasteiger partial charge in [0.25, 0.3) is 0 Å². The van der Waals surface area contributed by atoms with Crippen molar-refractivity contribution in [2.75, 3.05) is 39.6 Å². The van der Waals surface area contributed by atoms with Crippen molar-refractivity contribution in [1.29, 1.82) is 0 Å². The number of phosphoric ester groups is 2. The van der Waals surface area contributed by atoms with E-state index in [0.29, 0.717) is 25.7 Å². The molecule has 0 amide bonds. The SMILES string of the molecule is CC/C=C\C/C=C\C/C=C\C/C=C\CCCCC(=O)OCC(COP(=O)(O)OCC(O)COP(=O)(O)OCC(COC(=O)CCCCCCCCCCCCCCCCC)OC(=O)CCCCCCCCCCCCCCC)OC(=O)CCCCCCCCCCCCCCC. The molecule has 0 spiro atoms. The lowest BCUT2D eigenvalue weighted by Crippen LogP contribution is -2.30. The molecule has 0 saturated heterocycles. The number of esters is 4. The van der Waals surface area contributed by atoms with E-state index < -0.39 is 97.5 Å². The molecule has 0 heterocycles. The Morgan fingerprint density at radius 1 is 0.302 bits per heavy atom. The van der Waals surface area contributed by atoms with Gasteiger partial charge in [0.1, 0.15) is 19.3 Å². The first-order valence-corrected chi connectivity index (χ1v) is 41.9. The molecule has 0 aromatic carbocycles. The molecule has 19 heteroatoms. The highest BCUT2D eigenvalue weighted by molar-refractivity contribution is 7.47. The third kappa shape index (κ3) is 69.5. The van der Waals surface area contributed by atoms with Crippen LogP contribution < -0.4 is 0 Å². The van der Waals surface area contributed by atoms with Crippen LogP contribution in [0.2, 0.25) is 0 Å². The number of carbonyl (C=O) groups excluding carboxylic acids is 4. The number of carbonyl (C=O) groups is 4. The average molecular weight is 1400 g/mol. The monoisotopic (exact) mass is 1400 g/mol. The predicted molar refractivity (Wildman–Crippen MR) is 390 cm³/mol. The third-order valence-corrected chi connectivity index (χ3v) is 18.7. The van der Waals surface area contributed by atoms with Gasteiger partial charge in [-0.25, -0.2) is 9.13 Å². The Hall–Kier alpha value is -2.98. The molecule has 0 aliphatic carbocycles. The Kier molecular flexibility index (Phi) is 68.3. The number of hydrogen-bond acceptors (Lipinski definition) is 15. The van der Waals surface area contributed by atoms with Crippen molar-refractivity contribution in [3.63, 3.8) is 0 Å². The van der Waals surface area contributed by atoms with Crippen LogP contribution in [0.4, 0.5) is 0 Å². The molecule has 0 radical (unpaired) electrons. The maximum atomic E-state index is 13.1.